The Labute approximate surface area is 112 Å². The molecule has 1 heterocycles. The van der Waals surface area contributed by atoms with Crippen molar-refractivity contribution in [2.24, 2.45) is 0 Å². The summed E-state index contributed by atoms with van der Waals surface area (Å²) in [6, 6.07) is 0. The van der Waals surface area contributed by atoms with Gasteiger partial charge in [-0.2, -0.15) is 0 Å². The van der Waals surface area contributed by atoms with E-state index in [-0.39, 0.29) is 12.1 Å². The summed E-state index contributed by atoms with van der Waals surface area (Å²) in [6.45, 7) is 1.99. The van der Waals surface area contributed by atoms with Crippen LogP contribution < -0.4 is 0 Å². The molecular formula is C16H28O2. The molecule has 0 N–H and O–H groups in total. The molecule has 0 aromatic rings. The standard InChI is InChI=1S/C16H28O2/c1-15-13-11-9-7-5-3-2-4-6-8-10-12-14-16(17)18-15/h12,14-15H,2-11,13H2,1H3/b14-12+. The van der Waals surface area contributed by atoms with Crippen LogP contribution in [-0.4, -0.2) is 12.1 Å². The lowest BCUT2D eigenvalue weighted by Crippen LogP contribution is -2.12. The van der Waals surface area contributed by atoms with E-state index in [1.165, 1.54) is 57.8 Å². The monoisotopic (exact) mass is 252 g/mol. The van der Waals surface area contributed by atoms with Crippen LogP contribution >= 0.6 is 0 Å². The smallest absolute Gasteiger partial charge is 0.330 e. The zero-order valence-corrected chi connectivity index (χ0v) is 11.8. The molecule has 0 spiro atoms. The molecule has 104 valence electrons. The summed E-state index contributed by atoms with van der Waals surface area (Å²) in [4.78, 5) is 11.5. The van der Waals surface area contributed by atoms with Crippen LogP contribution in [0.1, 0.15) is 77.6 Å². The van der Waals surface area contributed by atoms with Crippen molar-refractivity contribution in [3.8, 4) is 0 Å². The van der Waals surface area contributed by atoms with E-state index in [0.29, 0.717) is 0 Å². The lowest BCUT2D eigenvalue weighted by Gasteiger charge is -2.11. The molecule has 0 radical (unpaired) electrons. The Morgan fingerprint density at radius 2 is 1.50 bits per heavy atom. The van der Waals surface area contributed by atoms with Gasteiger partial charge >= 0.3 is 5.97 Å². The van der Waals surface area contributed by atoms with Crippen molar-refractivity contribution in [3.63, 3.8) is 0 Å². The molecule has 0 saturated carbocycles. The number of carbonyl (C=O) groups is 1. The van der Waals surface area contributed by atoms with Gasteiger partial charge in [0.05, 0.1) is 6.10 Å². The van der Waals surface area contributed by atoms with Gasteiger partial charge in [-0.1, -0.05) is 51.0 Å². The normalized spacial score (nSPS) is 27.4. The van der Waals surface area contributed by atoms with Crippen molar-refractivity contribution in [2.75, 3.05) is 0 Å². The number of cyclic esters (lactones) is 1. The summed E-state index contributed by atoms with van der Waals surface area (Å²) in [7, 11) is 0. The SMILES string of the molecule is CC1CCCCCCCCCCC/C=C/C(=O)O1. The molecule has 0 aromatic heterocycles. The Morgan fingerprint density at radius 1 is 0.944 bits per heavy atom. The van der Waals surface area contributed by atoms with E-state index in [1.807, 2.05) is 13.0 Å². The van der Waals surface area contributed by atoms with Crippen LogP contribution in [-0.2, 0) is 9.53 Å². The maximum atomic E-state index is 11.5. The first-order valence-electron chi connectivity index (χ1n) is 7.66. The number of esters is 1. The van der Waals surface area contributed by atoms with Gasteiger partial charge < -0.3 is 4.74 Å². The average Bonchev–Trinajstić information content (AvgIpc) is 2.33. The van der Waals surface area contributed by atoms with Crippen molar-refractivity contribution >= 4 is 5.97 Å². The van der Waals surface area contributed by atoms with E-state index < -0.39 is 0 Å². The van der Waals surface area contributed by atoms with E-state index in [0.717, 1.165) is 12.8 Å². The summed E-state index contributed by atoms with van der Waals surface area (Å²) in [5.74, 6) is -0.172. The van der Waals surface area contributed by atoms with Crippen LogP contribution in [0.5, 0.6) is 0 Å². The average molecular weight is 252 g/mol. The molecule has 1 rings (SSSR count). The predicted octanol–water partition coefficient (Wildman–Crippen LogP) is 4.78. The van der Waals surface area contributed by atoms with Gasteiger partial charge in [0.1, 0.15) is 0 Å². The van der Waals surface area contributed by atoms with E-state index >= 15 is 0 Å². The molecule has 0 amide bonds. The number of allylic oxidation sites excluding steroid dienone is 1. The summed E-state index contributed by atoms with van der Waals surface area (Å²) < 4.78 is 5.33. The zero-order valence-electron chi connectivity index (χ0n) is 11.8. The quantitative estimate of drug-likeness (QED) is 0.580. The number of hydrogen-bond acceptors (Lipinski definition) is 2. The third-order valence-electron chi connectivity index (χ3n) is 3.55. The van der Waals surface area contributed by atoms with Gasteiger partial charge in [-0.15, -0.1) is 0 Å². The first-order chi connectivity index (χ1) is 8.79. The maximum absolute atomic E-state index is 11.5. The molecular weight excluding hydrogens is 224 g/mol. The van der Waals surface area contributed by atoms with Gasteiger partial charge in [0.2, 0.25) is 0 Å². The Hall–Kier alpha value is -0.790. The van der Waals surface area contributed by atoms with Gasteiger partial charge in [0, 0.05) is 6.08 Å². The summed E-state index contributed by atoms with van der Waals surface area (Å²) >= 11 is 0. The maximum Gasteiger partial charge on any atom is 0.330 e. The molecule has 1 atom stereocenters. The molecule has 1 aliphatic heterocycles. The first kappa shape index (κ1) is 15.3. The molecule has 2 nitrogen and oxygen atoms in total. The molecule has 0 fully saturated rings. The van der Waals surface area contributed by atoms with Crippen LogP contribution in [0.25, 0.3) is 0 Å². The van der Waals surface area contributed by atoms with Crippen molar-refractivity contribution in [2.45, 2.75) is 83.7 Å². The number of rotatable bonds is 0. The number of carbonyl (C=O) groups excluding carboxylic acids is 1. The van der Waals surface area contributed by atoms with Crippen molar-refractivity contribution in [1.29, 1.82) is 0 Å². The fourth-order valence-corrected chi connectivity index (χ4v) is 2.41. The van der Waals surface area contributed by atoms with Gasteiger partial charge in [0.15, 0.2) is 0 Å². The summed E-state index contributed by atoms with van der Waals surface area (Å²) in [6.07, 6.45) is 17.4. The minimum absolute atomic E-state index is 0.0649. The fourth-order valence-electron chi connectivity index (χ4n) is 2.41. The minimum Gasteiger partial charge on any atom is -0.460 e. The van der Waals surface area contributed by atoms with Crippen molar-refractivity contribution < 1.29 is 9.53 Å². The summed E-state index contributed by atoms with van der Waals surface area (Å²) in [5.41, 5.74) is 0. The molecule has 2 heteroatoms. The number of hydrogen-bond donors (Lipinski definition) is 0. The highest BCUT2D eigenvalue weighted by Gasteiger charge is 2.06. The Kier molecular flexibility index (Phi) is 8.62. The molecule has 18 heavy (non-hydrogen) atoms. The predicted molar refractivity (Wildman–Crippen MR) is 75.5 cm³/mol. The zero-order chi connectivity index (χ0) is 13.1. The lowest BCUT2D eigenvalue weighted by atomic mass is 10.0. The van der Waals surface area contributed by atoms with Crippen LogP contribution in [0.4, 0.5) is 0 Å². The van der Waals surface area contributed by atoms with E-state index in [9.17, 15) is 4.79 Å². The molecule has 0 bridgehead atoms. The van der Waals surface area contributed by atoms with Gasteiger partial charge in [-0.25, -0.2) is 4.79 Å². The van der Waals surface area contributed by atoms with Crippen molar-refractivity contribution in [1.82, 2.24) is 0 Å². The second kappa shape index (κ2) is 10.2. The largest absolute Gasteiger partial charge is 0.460 e. The lowest BCUT2D eigenvalue weighted by molar-refractivity contribution is -0.142. The first-order valence-corrected chi connectivity index (χ1v) is 7.66. The Bertz CT molecular complexity index is 245. The van der Waals surface area contributed by atoms with Crippen LogP contribution in [0.3, 0.4) is 0 Å². The molecule has 0 aromatic carbocycles. The Balaban J connectivity index is 2.30. The van der Waals surface area contributed by atoms with E-state index in [1.54, 1.807) is 6.08 Å². The third-order valence-corrected chi connectivity index (χ3v) is 3.55. The van der Waals surface area contributed by atoms with Gasteiger partial charge in [0.25, 0.3) is 0 Å². The highest BCUT2D eigenvalue weighted by Crippen LogP contribution is 2.13. The molecule has 1 aliphatic rings. The van der Waals surface area contributed by atoms with Crippen LogP contribution in [0, 0.1) is 0 Å². The number of ether oxygens (including phenoxy) is 1. The van der Waals surface area contributed by atoms with E-state index in [4.69, 9.17) is 4.74 Å². The van der Waals surface area contributed by atoms with Gasteiger partial charge in [-0.05, 0) is 32.6 Å². The molecule has 0 aliphatic carbocycles. The highest BCUT2D eigenvalue weighted by atomic mass is 16.5. The van der Waals surface area contributed by atoms with Crippen LogP contribution in [0.2, 0.25) is 0 Å². The fraction of sp³-hybridized carbons (Fsp3) is 0.812. The second-order valence-electron chi connectivity index (χ2n) is 5.41. The molecule has 0 saturated heterocycles. The van der Waals surface area contributed by atoms with Gasteiger partial charge in [-0.3, -0.25) is 0 Å². The highest BCUT2D eigenvalue weighted by molar-refractivity contribution is 5.81. The van der Waals surface area contributed by atoms with Crippen molar-refractivity contribution in [3.05, 3.63) is 12.2 Å². The second-order valence-corrected chi connectivity index (χ2v) is 5.41. The van der Waals surface area contributed by atoms with E-state index in [2.05, 4.69) is 0 Å². The minimum atomic E-state index is -0.172. The topological polar surface area (TPSA) is 26.3 Å². The molecule has 1 unspecified atom stereocenters. The summed E-state index contributed by atoms with van der Waals surface area (Å²) in [5, 5.41) is 0. The third kappa shape index (κ3) is 8.32. The Morgan fingerprint density at radius 3 is 2.17 bits per heavy atom. The van der Waals surface area contributed by atoms with Crippen LogP contribution in [0.15, 0.2) is 12.2 Å².